The van der Waals surface area contributed by atoms with Crippen LogP contribution in [-0.2, 0) is 16.0 Å². The van der Waals surface area contributed by atoms with Crippen molar-refractivity contribution in [1.82, 2.24) is 0 Å². The molecule has 8 heteroatoms. The van der Waals surface area contributed by atoms with Gasteiger partial charge in [-0.25, -0.2) is 0 Å². The van der Waals surface area contributed by atoms with E-state index in [9.17, 15) is 34.8 Å². The number of Topliss-reactive ketones (excluding diaryl/α,β-unsaturated/α-hetero) is 3. The molecule has 0 saturated carbocycles. The molecular formula is C28H34O8. The van der Waals surface area contributed by atoms with Crippen molar-refractivity contribution in [2.75, 3.05) is 0 Å². The number of rotatable bonds is 8. The summed E-state index contributed by atoms with van der Waals surface area (Å²) >= 11 is 0. The Morgan fingerprint density at radius 1 is 0.917 bits per heavy atom. The Morgan fingerprint density at radius 2 is 1.50 bits per heavy atom. The Labute approximate surface area is 210 Å². The van der Waals surface area contributed by atoms with Crippen molar-refractivity contribution in [3.05, 3.63) is 45.4 Å². The zero-order valence-electron chi connectivity index (χ0n) is 21.6. The van der Waals surface area contributed by atoms with Crippen LogP contribution in [0.15, 0.2) is 28.7 Å². The van der Waals surface area contributed by atoms with Gasteiger partial charge in [-0.2, -0.15) is 0 Å². The molecule has 194 valence electrons. The van der Waals surface area contributed by atoms with Gasteiger partial charge >= 0.3 is 0 Å². The first-order valence-corrected chi connectivity index (χ1v) is 12.2. The van der Waals surface area contributed by atoms with Crippen LogP contribution in [0.1, 0.15) is 88.7 Å². The molecule has 1 aliphatic carbocycles. The van der Waals surface area contributed by atoms with Gasteiger partial charge in [0.1, 0.15) is 45.5 Å². The van der Waals surface area contributed by atoms with Crippen LogP contribution in [0.4, 0.5) is 0 Å². The molecule has 36 heavy (non-hydrogen) atoms. The minimum atomic E-state index is -1.52. The smallest absolute Gasteiger partial charge is 0.183 e. The lowest BCUT2D eigenvalue weighted by molar-refractivity contribution is -0.127. The summed E-state index contributed by atoms with van der Waals surface area (Å²) in [5, 5.41) is 44.3. The van der Waals surface area contributed by atoms with E-state index in [-0.39, 0.29) is 40.9 Å². The second-order valence-electron chi connectivity index (χ2n) is 10.4. The third-order valence-corrected chi connectivity index (χ3v) is 6.61. The molecule has 3 rings (SSSR count). The average molecular weight is 499 g/mol. The summed E-state index contributed by atoms with van der Waals surface area (Å²) in [5.41, 5.74) is -2.97. The largest absolute Gasteiger partial charge is 0.511 e. The van der Waals surface area contributed by atoms with E-state index in [1.54, 1.807) is 32.9 Å². The van der Waals surface area contributed by atoms with Crippen LogP contribution in [0.5, 0.6) is 17.2 Å². The van der Waals surface area contributed by atoms with Crippen molar-refractivity contribution in [3.63, 3.8) is 0 Å². The van der Waals surface area contributed by atoms with Gasteiger partial charge in [0.25, 0.3) is 0 Å². The highest BCUT2D eigenvalue weighted by Gasteiger charge is 2.45. The number of hydrogen-bond acceptors (Lipinski definition) is 8. The standard InChI is InChI=1S/C28H34O8/c1-7-9-17(29)19-22(32)15(21(31)14-11-12-27(3,4)36-24(14)19)13-16-23(33)20(18(30)10-8-2)26(35)28(5,6)25(16)34/h11-12,31-34H,7-10,13H2,1-6H3. The number of phenols is 2. The lowest BCUT2D eigenvalue weighted by Gasteiger charge is -2.32. The van der Waals surface area contributed by atoms with E-state index < -0.39 is 63.4 Å². The number of fused-ring (bicyclic) bond motifs is 1. The highest BCUT2D eigenvalue weighted by Crippen LogP contribution is 2.49. The number of carbonyl (C=O) groups is 3. The summed E-state index contributed by atoms with van der Waals surface area (Å²) in [5.74, 6) is -3.73. The minimum absolute atomic E-state index is 0.0260. The predicted octanol–water partition coefficient (Wildman–Crippen LogP) is 5.41. The first-order valence-electron chi connectivity index (χ1n) is 12.2. The Morgan fingerprint density at radius 3 is 2.08 bits per heavy atom. The maximum atomic E-state index is 13.0. The van der Waals surface area contributed by atoms with Gasteiger partial charge in [0, 0.05) is 30.4 Å². The molecule has 4 N–H and O–H groups in total. The number of ether oxygens (including phenoxy) is 1. The van der Waals surface area contributed by atoms with E-state index in [1.807, 2.05) is 6.92 Å². The molecule has 0 unspecified atom stereocenters. The van der Waals surface area contributed by atoms with E-state index in [1.165, 1.54) is 13.8 Å². The maximum Gasteiger partial charge on any atom is 0.183 e. The topological polar surface area (TPSA) is 141 Å². The van der Waals surface area contributed by atoms with Gasteiger partial charge in [-0.05, 0) is 52.7 Å². The SMILES string of the molecule is CCCC(=O)C1=C(O)C(Cc2c(O)c3c(c(C(=O)CCC)c2O)OC(C)(C)C=C3)=C(O)C(C)(C)C1=O. The van der Waals surface area contributed by atoms with Crippen molar-refractivity contribution >= 4 is 23.4 Å². The predicted molar refractivity (Wildman–Crippen MR) is 134 cm³/mol. The van der Waals surface area contributed by atoms with Gasteiger partial charge in [0.15, 0.2) is 17.3 Å². The van der Waals surface area contributed by atoms with E-state index in [0.29, 0.717) is 12.8 Å². The van der Waals surface area contributed by atoms with E-state index in [4.69, 9.17) is 4.74 Å². The number of aliphatic hydroxyl groups excluding tert-OH is 2. The molecule has 0 saturated heterocycles. The Bertz CT molecular complexity index is 1240. The fraction of sp³-hybridized carbons (Fsp3) is 0.464. The zero-order valence-corrected chi connectivity index (χ0v) is 21.6. The van der Waals surface area contributed by atoms with E-state index >= 15 is 0 Å². The van der Waals surface area contributed by atoms with Crippen molar-refractivity contribution in [2.45, 2.75) is 79.2 Å². The van der Waals surface area contributed by atoms with Crippen LogP contribution in [0, 0.1) is 5.41 Å². The number of hydrogen-bond donors (Lipinski definition) is 4. The van der Waals surface area contributed by atoms with Crippen LogP contribution in [0.3, 0.4) is 0 Å². The Hall–Kier alpha value is -3.55. The number of benzene rings is 1. The molecule has 1 aromatic carbocycles. The fourth-order valence-corrected chi connectivity index (χ4v) is 4.52. The number of ketones is 3. The summed E-state index contributed by atoms with van der Waals surface area (Å²) < 4.78 is 5.95. The second-order valence-corrected chi connectivity index (χ2v) is 10.4. The van der Waals surface area contributed by atoms with Crippen molar-refractivity contribution in [3.8, 4) is 17.2 Å². The van der Waals surface area contributed by atoms with Crippen molar-refractivity contribution < 1.29 is 39.5 Å². The van der Waals surface area contributed by atoms with Crippen LogP contribution >= 0.6 is 0 Å². The van der Waals surface area contributed by atoms with Gasteiger partial charge in [0.05, 0.1) is 11.0 Å². The summed E-state index contributed by atoms with van der Waals surface area (Å²) in [6.07, 6.45) is 3.96. The number of aromatic hydroxyl groups is 2. The van der Waals surface area contributed by atoms with Crippen LogP contribution in [0.25, 0.3) is 6.08 Å². The quantitative estimate of drug-likeness (QED) is 0.275. The summed E-state index contributed by atoms with van der Waals surface area (Å²) in [6, 6.07) is 0. The highest BCUT2D eigenvalue weighted by molar-refractivity contribution is 6.24. The van der Waals surface area contributed by atoms with Gasteiger partial charge < -0.3 is 25.2 Å². The summed E-state index contributed by atoms with van der Waals surface area (Å²) in [4.78, 5) is 38.7. The molecule has 0 radical (unpaired) electrons. The minimum Gasteiger partial charge on any atom is -0.511 e. The molecule has 0 fully saturated rings. The number of phenolic OH excluding ortho intramolecular Hbond substituents is 2. The first kappa shape index (κ1) is 27.0. The van der Waals surface area contributed by atoms with Gasteiger partial charge in [-0.1, -0.05) is 13.8 Å². The molecular weight excluding hydrogens is 464 g/mol. The molecule has 2 aliphatic rings. The molecule has 1 aromatic rings. The molecule has 0 aromatic heterocycles. The van der Waals surface area contributed by atoms with Crippen LogP contribution < -0.4 is 4.74 Å². The van der Waals surface area contributed by atoms with Gasteiger partial charge in [-0.3, -0.25) is 14.4 Å². The molecule has 1 heterocycles. The molecule has 0 spiro atoms. The second kappa shape index (κ2) is 9.48. The number of aliphatic hydroxyl groups is 2. The molecule has 0 amide bonds. The lowest BCUT2D eigenvalue weighted by Crippen LogP contribution is -2.37. The molecule has 0 bridgehead atoms. The highest BCUT2D eigenvalue weighted by atomic mass is 16.5. The molecule has 1 aliphatic heterocycles. The summed E-state index contributed by atoms with van der Waals surface area (Å²) in [6.45, 7) is 9.97. The average Bonchev–Trinajstić information content (AvgIpc) is 2.77. The Kier molecular flexibility index (Phi) is 7.12. The van der Waals surface area contributed by atoms with Crippen molar-refractivity contribution in [1.29, 1.82) is 0 Å². The van der Waals surface area contributed by atoms with Crippen LogP contribution in [0.2, 0.25) is 0 Å². The third-order valence-electron chi connectivity index (χ3n) is 6.61. The number of carbonyl (C=O) groups excluding carboxylic acids is 3. The van der Waals surface area contributed by atoms with E-state index in [2.05, 4.69) is 0 Å². The normalized spacial score (nSPS) is 18.2. The van der Waals surface area contributed by atoms with Crippen LogP contribution in [-0.4, -0.2) is 43.4 Å². The zero-order chi connectivity index (χ0) is 27.2. The van der Waals surface area contributed by atoms with Gasteiger partial charge in [-0.15, -0.1) is 0 Å². The summed E-state index contributed by atoms with van der Waals surface area (Å²) in [7, 11) is 0. The van der Waals surface area contributed by atoms with Crippen molar-refractivity contribution in [2.24, 2.45) is 5.41 Å². The lowest BCUT2D eigenvalue weighted by atomic mass is 9.73. The van der Waals surface area contributed by atoms with E-state index in [0.717, 1.165) is 0 Å². The fourth-order valence-electron chi connectivity index (χ4n) is 4.52. The Balaban J connectivity index is 2.28. The maximum absolute atomic E-state index is 13.0. The number of allylic oxidation sites excluding steroid dienone is 3. The third kappa shape index (κ3) is 4.40. The first-order chi connectivity index (χ1) is 16.7. The monoisotopic (exact) mass is 498 g/mol. The molecule has 8 nitrogen and oxygen atoms in total. The molecule has 0 atom stereocenters. The van der Waals surface area contributed by atoms with Gasteiger partial charge in [0.2, 0.25) is 0 Å².